The summed E-state index contributed by atoms with van der Waals surface area (Å²) in [6.07, 6.45) is 3.13. The Morgan fingerprint density at radius 2 is 1.45 bits per heavy atom. The van der Waals surface area contributed by atoms with E-state index in [1.165, 1.54) is 0 Å². The zero-order chi connectivity index (χ0) is 40.3. The summed E-state index contributed by atoms with van der Waals surface area (Å²) in [6, 6.07) is 15.8. The minimum atomic E-state index is -1.02. The molecular weight excluding hydrogens is 760 g/mol. The zero-order valence-electron chi connectivity index (χ0n) is 32.0. The first-order chi connectivity index (χ1) is 28.0. The minimum Gasteiger partial charge on any atom is -0.372 e. The predicted octanol–water partition coefficient (Wildman–Crippen LogP) is 4.09. The number of nitrogens with zero attached hydrogens (tertiary/aromatic N) is 7. The fourth-order valence-electron chi connectivity index (χ4n) is 9.56. The first-order valence-corrected chi connectivity index (χ1v) is 20.3. The fraction of sp³-hybridized carbons (Fsp3) is 0.419. The van der Waals surface area contributed by atoms with E-state index in [1.807, 2.05) is 41.3 Å². The lowest BCUT2D eigenvalue weighted by atomic mass is 9.77. The Balaban J connectivity index is 0.757. The van der Waals surface area contributed by atoms with Gasteiger partial charge >= 0.3 is 0 Å². The van der Waals surface area contributed by atoms with Crippen LogP contribution in [0.25, 0.3) is 4.85 Å². The van der Waals surface area contributed by atoms with Gasteiger partial charge in [0.05, 0.1) is 24.2 Å². The number of amides is 6. The molecule has 9 rings (SSSR count). The van der Waals surface area contributed by atoms with Gasteiger partial charge in [0.25, 0.3) is 17.7 Å². The number of benzene rings is 3. The van der Waals surface area contributed by atoms with Crippen LogP contribution in [0.3, 0.4) is 0 Å². The van der Waals surface area contributed by atoms with Crippen molar-refractivity contribution in [1.29, 1.82) is 0 Å². The quantitative estimate of drug-likeness (QED) is 0.289. The van der Waals surface area contributed by atoms with Crippen LogP contribution in [0.15, 0.2) is 54.6 Å². The summed E-state index contributed by atoms with van der Waals surface area (Å²) in [5.41, 5.74) is 5.33. The number of hydrogen-bond acceptors (Lipinski definition) is 9. The topological polar surface area (TPSA) is 138 Å². The number of fused-ring (bicyclic) bond motifs is 2. The fourth-order valence-corrected chi connectivity index (χ4v) is 9.77. The molecule has 6 heterocycles. The number of halogens is 1. The summed E-state index contributed by atoms with van der Waals surface area (Å²) in [6.45, 7) is 14.2. The summed E-state index contributed by atoms with van der Waals surface area (Å²) in [5, 5.41) is 2.69. The van der Waals surface area contributed by atoms with Crippen molar-refractivity contribution in [2.24, 2.45) is 5.41 Å². The van der Waals surface area contributed by atoms with Gasteiger partial charge in [-0.15, -0.1) is 0 Å². The van der Waals surface area contributed by atoms with E-state index in [-0.39, 0.29) is 47.7 Å². The SMILES string of the molecule is [C-]#[N+]c1ccc(N2CCC3(CCN(C(=O)c4cccc(N5CCN(CC(=O)N6Cc7cc8c(cc7C6)C(=O)N(C6CCC(=O)NC6=O)C8=O)CC5)c4)C3)CC2)cc1Cl. The Labute approximate surface area is 341 Å². The van der Waals surface area contributed by atoms with Crippen LogP contribution in [0.2, 0.25) is 5.02 Å². The van der Waals surface area contributed by atoms with Crippen molar-refractivity contribution in [2.75, 3.05) is 68.7 Å². The average molecular weight is 803 g/mol. The lowest BCUT2D eigenvalue weighted by Gasteiger charge is -2.40. The molecule has 6 aliphatic rings. The van der Waals surface area contributed by atoms with Gasteiger partial charge in [0.1, 0.15) is 6.04 Å². The third kappa shape index (κ3) is 6.86. The van der Waals surface area contributed by atoms with Crippen LogP contribution >= 0.6 is 11.6 Å². The molecular formula is C43H43ClN8O6. The highest BCUT2D eigenvalue weighted by molar-refractivity contribution is 6.33. The largest absolute Gasteiger partial charge is 0.372 e. The van der Waals surface area contributed by atoms with Crippen LogP contribution in [0.5, 0.6) is 0 Å². The summed E-state index contributed by atoms with van der Waals surface area (Å²) in [4.78, 5) is 92.9. The number of rotatable bonds is 6. The highest BCUT2D eigenvalue weighted by atomic mass is 35.5. The summed E-state index contributed by atoms with van der Waals surface area (Å²) in [7, 11) is 0. The predicted molar refractivity (Wildman–Crippen MR) is 215 cm³/mol. The Morgan fingerprint density at radius 1 is 0.793 bits per heavy atom. The number of hydrogen-bond donors (Lipinski definition) is 1. The van der Waals surface area contributed by atoms with E-state index in [0.29, 0.717) is 55.5 Å². The minimum absolute atomic E-state index is 0.0334. The van der Waals surface area contributed by atoms with Gasteiger partial charge in [-0.1, -0.05) is 23.7 Å². The molecule has 0 radical (unpaired) electrons. The van der Waals surface area contributed by atoms with Crippen molar-refractivity contribution in [3.05, 3.63) is 98.9 Å². The standard InChI is InChI=1S/C43H43ClN8O6/c1-45-35-6-5-31(22-34(35)44)48-12-9-43(10-13-48)11-14-50(26-43)40(56)27-3-2-4-30(19-27)49-17-15-47(16-18-49)25-38(54)51-23-28-20-32-33(21-29(28)24-51)42(58)52(41(32)57)36-7-8-37(53)46-39(36)55/h2-6,19-22,36H,7-18,23-26H2,(H,46,53,55). The van der Waals surface area contributed by atoms with E-state index >= 15 is 0 Å². The number of nitrogens with one attached hydrogen (secondary N) is 1. The monoisotopic (exact) mass is 802 g/mol. The average Bonchev–Trinajstić information content (AvgIpc) is 3.91. The maximum absolute atomic E-state index is 13.8. The second-order valence-electron chi connectivity index (χ2n) is 16.4. The second-order valence-corrected chi connectivity index (χ2v) is 16.8. The van der Waals surface area contributed by atoms with Gasteiger partial charge in [-0.2, -0.15) is 0 Å². The molecule has 0 saturated carbocycles. The molecule has 6 aliphatic heterocycles. The smallest absolute Gasteiger partial charge is 0.262 e. The number of imide groups is 2. The maximum atomic E-state index is 13.8. The number of carbonyl (C=O) groups excluding carboxylic acids is 6. The van der Waals surface area contributed by atoms with Gasteiger partial charge in [-0.25, -0.2) is 4.85 Å². The van der Waals surface area contributed by atoms with E-state index in [2.05, 4.69) is 24.9 Å². The van der Waals surface area contributed by atoms with E-state index < -0.39 is 29.7 Å². The third-order valence-electron chi connectivity index (χ3n) is 13.0. The first kappa shape index (κ1) is 37.8. The van der Waals surface area contributed by atoms with Crippen molar-refractivity contribution in [2.45, 2.75) is 51.2 Å². The molecule has 298 valence electrons. The van der Waals surface area contributed by atoms with Crippen molar-refractivity contribution < 1.29 is 28.8 Å². The Hall–Kier alpha value is -5.78. The molecule has 15 heteroatoms. The second kappa shape index (κ2) is 14.9. The molecule has 58 heavy (non-hydrogen) atoms. The van der Waals surface area contributed by atoms with Crippen LogP contribution in [0, 0.1) is 12.0 Å². The molecule has 3 aromatic rings. The number of piperazine rings is 1. The molecule has 1 unspecified atom stereocenters. The molecule has 0 aliphatic carbocycles. The number of anilines is 2. The molecule has 3 aromatic carbocycles. The first-order valence-electron chi connectivity index (χ1n) is 19.9. The van der Waals surface area contributed by atoms with Gasteiger partial charge < -0.3 is 19.6 Å². The van der Waals surface area contributed by atoms with E-state index in [9.17, 15) is 28.8 Å². The molecule has 1 atom stereocenters. The molecule has 4 fully saturated rings. The van der Waals surface area contributed by atoms with Crippen LogP contribution in [0.1, 0.15) is 74.3 Å². The van der Waals surface area contributed by atoms with Gasteiger partial charge in [0, 0.05) is 93.8 Å². The van der Waals surface area contributed by atoms with Crippen LogP contribution in [0.4, 0.5) is 17.1 Å². The molecule has 1 N–H and O–H groups in total. The van der Waals surface area contributed by atoms with Gasteiger partial charge in [-0.3, -0.25) is 43.9 Å². The van der Waals surface area contributed by atoms with E-state index in [4.69, 9.17) is 18.2 Å². The van der Waals surface area contributed by atoms with Crippen molar-refractivity contribution in [3.8, 4) is 0 Å². The molecule has 14 nitrogen and oxygen atoms in total. The van der Waals surface area contributed by atoms with Gasteiger partial charge in [0.15, 0.2) is 0 Å². The highest BCUT2D eigenvalue weighted by Gasteiger charge is 2.46. The lowest BCUT2D eigenvalue weighted by Crippen LogP contribution is -2.54. The Morgan fingerprint density at radius 3 is 2.10 bits per heavy atom. The molecule has 4 saturated heterocycles. The van der Waals surface area contributed by atoms with Crippen molar-refractivity contribution in [1.82, 2.24) is 24.9 Å². The number of carbonyl (C=O) groups is 6. The molecule has 1 spiro atoms. The highest BCUT2D eigenvalue weighted by Crippen LogP contribution is 2.43. The normalized spacial score (nSPS) is 21.7. The molecule has 0 aromatic heterocycles. The van der Waals surface area contributed by atoms with Crippen LogP contribution in [-0.2, 0) is 27.5 Å². The Bertz CT molecular complexity index is 2260. The van der Waals surface area contributed by atoms with Gasteiger partial charge in [0.2, 0.25) is 23.4 Å². The zero-order valence-corrected chi connectivity index (χ0v) is 32.8. The Kier molecular flexibility index (Phi) is 9.68. The summed E-state index contributed by atoms with van der Waals surface area (Å²) in [5.74, 6) is -2.15. The van der Waals surface area contributed by atoms with Crippen molar-refractivity contribution in [3.63, 3.8) is 0 Å². The van der Waals surface area contributed by atoms with Crippen LogP contribution < -0.4 is 15.1 Å². The van der Waals surface area contributed by atoms with Crippen LogP contribution in [-0.4, -0.2) is 120 Å². The number of piperidine rings is 2. The number of likely N-dealkylation sites (tertiary alicyclic amines) is 1. The molecule has 6 amide bonds. The van der Waals surface area contributed by atoms with Gasteiger partial charge in [-0.05, 0) is 84.7 Å². The van der Waals surface area contributed by atoms with E-state index in [1.54, 1.807) is 23.1 Å². The molecule has 0 bridgehead atoms. The summed E-state index contributed by atoms with van der Waals surface area (Å²) < 4.78 is 0. The summed E-state index contributed by atoms with van der Waals surface area (Å²) >= 11 is 6.31. The van der Waals surface area contributed by atoms with E-state index in [0.717, 1.165) is 72.8 Å². The lowest BCUT2D eigenvalue weighted by molar-refractivity contribution is -0.136. The van der Waals surface area contributed by atoms with Crippen molar-refractivity contribution >= 4 is 64.1 Å². The third-order valence-corrected chi connectivity index (χ3v) is 13.3. The maximum Gasteiger partial charge on any atom is 0.262 e.